The maximum absolute atomic E-state index is 13.7. The van der Waals surface area contributed by atoms with Crippen LogP contribution in [0.25, 0.3) is 17.5 Å². The molecule has 1 aliphatic rings. The third-order valence-corrected chi connectivity index (χ3v) is 6.33. The van der Waals surface area contributed by atoms with Crippen molar-refractivity contribution in [2.75, 3.05) is 32.8 Å². The molecule has 0 radical (unpaired) electrons. The van der Waals surface area contributed by atoms with Crippen LogP contribution in [0.4, 0.5) is 4.79 Å². The lowest BCUT2D eigenvalue weighted by atomic mass is 10.1. The van der Waals surface area contributed by atoms with Crippen molar-refractivity contribution in [3.05, 3.63) is 53.9 Å². The van der Waals surface area contributed by atoms with E-state index in [4.69, 9.17) is 9.47 Å². The summed E-state index contributed by atoms with van der Waals surface area (Å²) in [6, 6.07) is 9.52. The van der Waals surface area contributed by atoms with Gasteiger partial charge in [0.05, 0.1) is 18.4 Å². The molecule has 0 bridgehead atoms. The average molecular weight is 596 g/mol. The number of aliphatic hydroxyl groups excluding tert-OH is 1. The highest BCUT2D eigenvalue weighted by Crippen LogP contribution is 2.18. The fourth-order valence-corrected chi connectivity index (χ4v) is 4.31. The van der Waals surface area contributed by atoms with Crippen LogP contribution in [0.15, 0.2) is 42.5 Å². The van der Waals surface area contributed by atoms with Gasteiger partial charge in [-0.05, 0) is 53.2 Å². The zero-order valence-electron chi connectivity index (χ0n) is 25.4. The first-order valence-electron chi connectivity index (χ1n) is 14.4. The zero-order valence-corrected chi connectivity index (χ0v) is 25.4. The van der Waals surface area contributed by atoms with E-state index in [0.717, 1.165) is 0 Å². The Balaban J connectivity index is 1.85. The molecule has 12 heteroatoms. The van der Waals surface area contributed by atoms with Crippen molar-refractivity contribution in [2.24, 2.45) is 0 Å². The Hall–Kier alpha value is -4.32. The Bertz CT molecular complexity index is 1300. The summed E-state index contributed by atoms with van der Waals surface area (Å²) in [6.45, 7) is 9.88. The van der Waals surface area contributed by atoms with Crippen LogP contribution in [0.3, 0.4) is 0 Å². The van der Waals surface area contributed by atoms with Gasteiger partial charge in [0.15, 0.2) is 5.82 Å². The molecule has 232 valence electrons. The summed E-state index contributed by atoms with van der Waals surface area (Å²) in [5, 5.41) is 12.5. The van der Waals surface area contributed by atoms with Gasteiger partial charge in [0.1, 0.15) is 17.3 Å². The lowest BCUT2D eigenvalue weighted by molar-refractivity contribution is -0.155. The molecule has 2 N–H and O–H groups in total. The van der Waals surface area contributed by atoms with E-state index in [-0.39, 0.29) is 57.2 Å². The first kappa shape index (κ1) is 33.2. The lowest BCUT2D eigenvalue weighted by Crippen LogP contribution is -2.56. The fraction of sp³-hybridized carbons (Fsp3) is 0.484. The minimum atomic E-state index is -1.05. The van der Waals surface area contributed by atoms with Crippen molar-refractivity contribution in [3.63, 3.8) is 0 Å². The summed E-state index contributed by atoms with van der Waals surface area (Å²) in [5.41, 5.74) is 0.391. The predicted octanol–water partition coefficient (Wildman–Crippen LogP) is 3.06. The first-order valence-corrected chi connectivity index (χ1v) is 14.4. The second kappa shape index (κ2) is 15.2. The van der Waals surface area contributed by atoms with Crippen LogP contribution < -0.4 is 5.32 Å². The molecule has 0 aliphatic carbocycles. The number of aromatic nitrogens is 2. The van der Waals surface area contributed by atoms with Gasteiger partial charge >= 0.3 is 12.1 Å². The molecule has 43 heavy (non-hydrogen) atoms. The summed E-state index contributed by atoms with van der Waals surface area (Å²) in [5.74, 6) is -1.21. The molecule has 0 spiro atoms. The van der Waals surface area contributed by atoms with E-state index in [1.165, 1.54) is 17.0 Å². The van der Waals surface area contributed by atoms with E-state index in [1.807, 2.05) is 30.3 Å². The van der Waals surface area contributed by atoms with Crippen molar-refractivity contribution < 1.29 is 33.8 Å². The molecule has 2 atom stereocenters. The first-order chi connectivity index (χ1) is 20.4. The van der Waals surface area contributed by atoms with Crippen LogP contribution in [0.5, 0.6) is 0 Å². The van der Waals surface area contributed by atoms with Crippen molar-refractivity contribution in [3.8, 4) is 11.4 Å². The van der Waals surface area contributed by atoms with Crippen LogP contribution in [0.1, 0.15) is 63.6 Å². The van der Waals surface area contributed by atoms with Crippen LogP contribution in [-0.4, -0.2) is 99.3 Å². The average Bonchev–Trinajstić information content (AvgIpc) is 2.97. The Labute approximate surface area is 252 Å². The van der Waals surface area contributed by atoms with Gasteiger partial charge in [0.2, 0.25) is 5.91 Å². The number of hydrogen-bond acceptors (Lipinski definition) is 9. The molecule has 2 heterocycles. The Morgan fingerprint density at radius 1 is 1.05 bits per heavy atom. The Morgan fingerprint density at radius 2 is 1.70 bits per heavy atom. The molecular formula is C31H41N5O7. The SMILES string of the molecule is CCOC(=O)N1CCN(C(=O)C(CCC(=O)OC(C)(C)C)NC(=O)c2cc(C=C[C@H](C)O)nc(-c3ccccc3)n2)CC1. The summed E-state index contributed by atoms with van der Waals surface area (Å²) >= 11 is 0. The highest BCUT2D eigenvalue weighted by molar-refractivity contribution is 5.97. The van der Waals surface area contributed by atoms with Crippen molar-refractivity contribution in [1.82, 2.24) is 25.1 Å². The van der Waals surface area contributed by atoms with Crippen LogP contribution in [0.2, 0.25) is 0 Å². The monoisotopic (exact) mass is 595 g/mol. The summed E-state index contributed by atoms with van der Waals surface area (Å²) in [7, 11) is 0. The molecule has 3 rings (SSSR count). The zero-order chi connectivity index (χ0) is 31.6. The number of carbonyl (C=O) groups excluding carboxylic acids is 4. The number of hydrogen-bond donors (Lipinski definition) is 2. The van der Waals surface area contributed by atoms with Gasteiger partial charge in [-0.3, -0.25) is 14.4 Å². The number of ether oxygens (including phenoxy) is 2. The summed E-state index contributed by atoms with van der Waals surface area (Å²) < 4.78 is 10.5. The molecule has 2 aromatic rings. The van der Waals surface area contributed by atoms with E-state index in [0.29, 0.717) is 17.1 Å². The molecule has 1 aliphatic heterocycles. The van der Waals surface area contributed by atoms with Crippen LogP contribution in [0, 0.1) is 0 Å². The fourth-order valence-electron chi connectivity index (χ4n) is 4.31. The van der Waals surface area contributed by atoms with Gasteiger partial charge in [0.25, 0.3) is 5.91 Å². The topological polar surface area (TPSA) is 151 Å². The molecule has 1 saturated heterocycles. The van der Waals surface area contributed by atoms with Crippen LogP contribution in [-0.2, 0) is 19.1 Å². The Kier molecular flexibility index (Phi) is 11.8. The maximum Gasteiger partial charge on any atom is 0.409 e. The van der Waals surface area contributed by atoms with Crippen molar-refractivity contribution >= 4 is 30.0 Å². The van der Waals surface area contributed by atoms with E-state index in [1.54, 1.807) is 45.6 Å². The highest BCUT2D eigenvalue weighted by atomic mass is 16.6. The summed E-state index contributed by atoms with van der Waals surface area (Å²) in [4.78, 5) is 63.9. The number of nitrogens with one attached hydrogen (secondary N) is 1. The largest absolute Gasteiger partial charge is 0.460 e. The van der Waals surface area contributed by atoms with E-state index < -0.39 is 35.7 Å². The predicted molar refractivity (Wildman–Crippen MR) is 160 cm³/mol. The number of carbonyl (C=O) groups is 4. The minimum Gasteiger partial charge on any atom is -0.460 e. The molecule has 12 nitrogen and oxygen atoms in total. The number of benzene rings is 1. The second-order valence-electron chi connectivity index (χ2n) is 11.1. The molecule has 1 unspecified atom stereocenters. The quantitative estimate of drug-likeness (QED) is 0.395. The molecule has 3 amide bonds. The number of esters is 1. The molecule has 1 fully saturated rings. The molecule has 1 aromatic heterocycles. The molecule has 1 aromatic carbocycles. The Morgan fingerprint density at radius 3 is 2.30 bits per heavy atom. The number of aliphatic hydroxyl groups is 1. The smallest absolute Gasteiger partial charge is 0.409 e. The van der Waals surface area contributed by atoms with E-state index in [2.05, 4.69) is 15.3 Å². The highest BCUT2D eigenvalue weighted by Gasteiger charge is 2.32. The second-order valence-corrected chi connectivity index (χ2v) is 11.1. The van der Waals surface area contributed by atoms with Crippen molar-refractivity contribution in [1.29, 1.82) is 0 Å². The number of nitrogens with zero attached hydrogens (tertiary/aromatic N) is 4. The number of piperazine rings is 1. The standard InChI is InChI=1S/C31H41N5O7/c1-6-42-30(41)36-18-16-35(17-19-36)29(40)24(14-15-26(38)43-31(3,4)5)34-28(39)25-20-23(13-12-21(2)37)32-27(33-25)22-10-8-7-9-11-22/h7-13,20-21,24,37H,6,14-19H2,1-5H3,(H,34,39)/t21-,24?/m0/s1. The van der Waals surface area contributed by atoms with Crippen molar-refractivity contribution in [2.45, 2.75) is 65.2 Å². The van der Waals surface area contributed by atoms with Gasteiger partial charge in [0, 0.05) is 38.2 Å². The normalized spacial score (nSPS) is 15.1. The minimum absolute atomic E-state index is 0.00297. The third-order valence-electron chi connectivity index (χ3n) is 6.33. The van der Waals surface area contributed by atoms with Gasteiger partial charge in [-0.2, -0.15) is 0 Å². The van der Waals surface area contributed by atoms with Gasteiger partial charge in [-0.25, -0.2) is 14.8 Å². The maximum atomic E-state index is 13.7. The van der Waals surface area contributed by atoms with E-state index in [9.17, 15) is 24.3 Å². The van der Waals surface area contributed by atoms with Gasteiger partial charge < -0.3 is 29.7 Å². The van der Waals surface area contributed by atoms with Gasteiger partial charge in [-0.15, -0.1) is 0 Å². The summed E-state index contributed by atoms with van der Waals surface area (Å²) in [6.07, 6.45) is 1.85. The van der Waals surface area contributed by atoms with E-state index >= 15 is 0 Å². The van der Waals surface area contributed by atoms with Gasteiger partial charge in [-0.1, -0.05) is 36.4 Å². The molecular weight excluding hydrogens is 554 g/mol. The number of rotatable bonds is 10. The molecule has 0 saturated carbocycles. The van der Waals surface area contributed by atoms with Crippen LogP contribution >= 0.6 is 0 Å². The third kappa shape index (κ3) is 10.5. The lowest BCUT2D eigenvalue weighted by Gasteiger charge is -2.36. The number of amides is 3.